The molecule has 2 aromatic heterocycles. The van der Waals surface area contributed by atoms with E-state index in [0.717, 1.165) is 56.1 Å². The third kappa shape index (κ3) is 7.09. The SMILES string of the molecule is Nc1c(C2(c3ncccn3)CC2)ccc2c1Cc1ccccc1-2.O=C(N[C@H]1CCN([C@@H]2CCCC[C@@H]2O)C[C@@H]1C(=O)O)c1cc(-c2ccc(F)cc2F)on1. The zero-order chi connectivity index (χ0) is 38.3. The number of hydrogen-bond donors (Lipinski definition) is 4. The van der Waals surface area contributed by atoms with Crippen LogP contribution in [0.5, 0.6) is 0 Å². The van der Waals surface area contributed by atoms with Gasteiger partial charge in [-0.1, -0.05) is 54.4 Å². The van der Waals surface area contributed by atoms with Crippen LogP contribution in [-0.4, -0.2) is 73.4 Å². The van der Waals surface area contributed by atoms with E-state index < -0.39 is 41.6 Å². The van der Waals surface area contributed by atoms with Crippen LogP contribution in [0.15, 0.2) is 83.6 Å². The fourth-order valence-electron chi connectivity index (χ4n) is 8.60. The number of carbonyl (C=O) groups excluding carboxylic acids is 1. The molecule has 2 saturated carbocycles. The van der Waals surface area contributed by atoms with Crippen LogP contribution in [0.3, 0.4) is 0 Å². The van der Waals surface area contributed by atoms with Gasteiger partial charge in [-0.2, -0.15) is 0 Å². The Morgan fingerprint density at radius 3 is 2.44 bits per heavy atom. The number of carboxylic acid groups (broad SMARTS) is 1. The van der Waals surface area contributed by atoms with Gasteiger partial charge in [-0.05, 0) is 78.1 Å². The summed E-state index contributed by atoms with van der Waals surface area (Å²) >= 11 is 0. The average Bonchev–Trinajstić information content (AvgIpc) is 3.67. The number of nitrogen functional groups attached to an aromatic ring is 1. The number of amides is 1. The molecule has 9 rings (SSSR count). The number of aromatic nitrogens is 3. The molecule has 0 unspecified atom stereocenters. The summed E-state index contributed by atoms with van der Waals surface area (Å²) in [6.45, 7) is 0.786. The standard InChI is InChI=1S/C22H25F2N3O5.C20H17N3/c23-12-5-6-13(15(24)9-12)20-10-17(26-32-20)21(29)25-16-7-8-27(11-14(16)22(30)31)18-3-1-2-4-19(18)28;21-18-16-12-13-4-1-2-5-14(13)15(16)6-7-17(18)20(8-9-20)19-22-10-3-11-23-19/h5-6,9-10,14,16,18-19,28H,1-4,7-8,11H2,(H,25,29)(H,30,31);1-7,10-11H,8-9,12,21H2/t14-,16-,18+,19-;/m0./s1. The minimum Gasteiger partial charge on any atom is -0.481 e. The monoisotopic (exact) mass is 748 g/mol. The van der Waals surface area contributed by atoms with Gasteiger partial charge in [0.2, 0.25) is 0 Å². The van der Waals surface area contributed by atoms with Crippen LogP contribution in [0.1, 0.15) is 77.9 Å². The van der Waals surface area contributed by atoms with Gasteiger partial charge in [0.25, 0.3) is 5.91 Å². The maximum Gasteiger partial charge on any atom is 0.309 e. The fraction of sp³-hybridized carbons (Fsp3) is 0.357. The Bertz CT molecular complexity index is 2230. The number of nitrogens with zero attached hydrogens (tertiary/aromatic N) is 4. The number of aliphatic carboxylic acids is 1. The van der Waals surface area contributed by atoms with Crippen molar-refractivity contribution in [2.75, 3.05) is 18.8 Å². The zero-order valence-corrected chi connectivity index (χ0v) is 30.1. The third-order valence-electron chi connectivity index (χ3n) is 11.7. The number of hydrogen-bond acceptors (Lipinski definition) is 9. The molecule has 0 bridgehead atoms. The zero-order valence-electron chi connectivity index (χ0n) is 30.1. The van der Waals surface area contributed by atoms with Crippen molar-refractivity contribution in [3.63, 3.8) is 0 Å². The number of nitrogens with two attached hydrogens (primary N) is 1. The second-order valence-corrected chi connectivity index (χ2v) is 15.0. The lowest BCUT2D eigenvalue weighted by atomic mass is 9.86. The number of carboxylic acids is 1. The molecule has 55 heavy (non-hydrogen) atoms. The van der Waals surface area contributed by atoms with Crippen molar-refractivity contribution in [2.45, 2.75) is 75.0 Å². The van der Waals surface area contributed by atoms with E-state index in [9.17, 15) is 28.6 Å². The minimum absolute atomic E-state index is 0.0384. The van der Waals surface area contributed by atoms with Gasteiger partial charge >= 0.3 is 5.97 Å². The van der Waals surface area contributed by atoms with E-state index in [1.165, 1.54) is 39.9 Å². The molecule has 3 heterocycles. The normalized spacial score (nSPS) is 22.5. The van der Waals surface area contributed by atoms with E-state index in [1.54, 1.807) is 0 Å². The molecule has 1 aliphatic heterocycles. The number of nitrogens with one attached hydrogen (secondary N) is 1. The number of benzene rings is 3. The molecule has 5 aromatic rings. The van der Waals surface area contributed by atoms with E-state index >= 15 is 0 Å². The quantitative estimate of drug-likeness (QED) is 0.139. The summed E-state index contributed by atoms with van der Waals surface area (Å²) in [5, 5.41) is 26.4. The van der Waals surface area contributed by atoms with Gasteiger partial charge in [-0.25, -0.2) is 18.7 Å². The second-order valence-electron chi connectivity index (χ2n) is 15.0. The molecule has 11 nitrogen and oxygen atoms in total. The number of likely N-dealkylation sites (tertiary alicyclic amines) is 1. The maximum atomic E-state index is 14.0. The highest BCUT2D eigenvalue weighted by Gasteiger charge is 2.50. The lowest BCUT2D eigenvalue weighted by Gasteiger charge is -2.43. The van der Waals surface area contributed by atoms with E-state index in [2.05, 4.69) is 56.8 Å². The highest BCUT2D eigenvalue weighted by molar-refractivity contribution is 5.93. The van der Waals surface area contributed by atoms with Crippen molar-refractivity contribution >= 4 is 17.6 Å². The molecule has 3 fully saturated rings. The lowest BCUT2D eigenvalue weighted by molar-refractivity contribution is -0.145. The number of piperidine rings is 1. The topological polar surface area (TPSA) is 168 Å². The Morgan fingerprint density at radius 1 is 0.927 bits per heavy atom. The largest absolute Gasteiger partial charge is 0.481 e. The van der Waals surface area contributed by atoms with Gasteiger partial charge in [0.15, 0.2) is 11.5 Å². The molecule has 0 radical (unpaired) electrons. The summed E-state index contributed by atoms with van der Waals surface area (Å²) in [4.78, 5) is 35.6. The van der Waals surface area contributed by atoms with Crippen molar-refractivity contribution in [3.05, 3.63) is 119 Å². The van der Waals surface area contributed by atoms with Crippen molar-refractivity contribution in [1.82, 2.24) is 25.3 Å². The molecule has 1 amide bonds. The maximum absolute atomic E-state index is 14.0. The smallest absolute Gasteiger partial charge is 0.309 e. The first-order valence-corrected chi connectivity index (χ1v) is 18.8. The molecule has 0 spiro atoms. The Kier molecular flexibility index (Phi) is 9.91. The predicted molar refractivity (Wildman–Crippen MR) is 200 cm³/mol. The summed E-state index contributed by atoms with van der Waals surface area (Å²) < 4.78 is 32.1. The van der Waals surface area contributed by atoms with Crippen LogP contribution in [0.4, 0.5) is 14.5 Å². The first-order chi connectivity index (χ1) is 26.6. The summed E-state index contributed by atoms with van der Waals surface area (Å²) in [7, 11) is 0. The highest BCUT2D eigenvalue weighted by Crippen LogP contribution is 2.55. The molecule has 3 aromatic carbocycles. The number of fused-ring (bicyclic) bond motifs is 3. The van der Waals surface area contributed by atoms with Crippen molar-refractivity contribution in [3.8, 4) is 22.5 Å². The van der Waals surface area contributed by atoms with E-state index in [4.69, 9.17) is 10.3 Å². The molecule has 1 saturated heterocycles. The molecule has 284 valence electrons. The number of halogens is 2. The highest BCUT2D eigenvalue weighted by atomic mass is 19.1. The first kappa shape index (κ1) is 36.4. The van der Waals surface area contributed by atoms with Crippen LogP contribution < -0.4 is 11.1 Å². The minimum atomic E-state index is -1.03. The van der Waals surface area contributed by atoms with E-state index in [0.29, 0.717) is 25.5 Å². The Hall–Kier alpha value is -5.53. The first-order valence-electron chi connectivity index (χ1n) is 18.8. The molecule has 4 aliphatic rings. The number of aliphatic hydroxyl groups is 1. The summed E-state index contributed by atoms with van der Waals surface area (Å²) in [5.74, 6) is -3.23. The summed E-state index contributed by atoms with van der Waals surface area (Å²) in [6.07, 6.45) is 10.2. The predicted octanol–water partition coefficient (Wildman–Crippen LogP) is 6.14. The van der Waals surface area contributed by atoms with Crippen molar-refractivity contribution in [2.24, 2.45) is 5.92 Å². The number of carbonyl (C=O) groups is 2. The number of anilines is 1. The van der Waals surface area contributed by atoms with Crippen LogP contribution in [0.25, 0.3) is 22.5 Å². The van der Waals surface area contributed by atoms with Gasteiger partial charge in [-0.15, -0.1) is 0 Å². The lowest BCUT2D eigenvalue weighted by Crippen LogP contribution is -2.58. The van der Waals surface area contributed by atoms with Crippen LogP contribution >= 0.6 is 0 Å². The molecular formula is C42H42F2N6O5. The molecular weight excluding hydrogens is 706 g/mol. The fourth-order valence-corrected chi connectivity index (χ4v) is 8.60. The van der Waals surface area contributed by atoms with E-state index in [1.807, 2.05) is 23.4 Å². The van der Waals surface area contributed by atoms with Gasteiger partial charge in [0.05, 0.1) is 23.0 Å². The summed E-state index contributed by atoms with van der Waals surface area (Å²) in [6, 6.07) is 18.4. The second kappa shape index (κ2) is 15.0. The third-order valence-corrected chi connectivity index (χ3v) is 11.7. The van der Waals surface area contributed by atoms with Gasteiger partial charge in [-0.3, -0.25) is 14.5 Å². The Labute approximate surface area is 316 Å². The van der Waals surface area contributed by atoms with Crippen molar-refractivity contribution in [1.29, 1.82) is 0 Å². The Morgan fingerprint density at radius 2 is 1.69 bits per heavy atom. The number of rotatable bonds is 7. The van der Waals surface area contributed by atoms with Crippen LogP contribution in [-0.2, 0) is 16.6 Å². The molecule has 3 aliphatic carbocycles. The Balaban J connectivity index is 0.000000163. The molecule has 13 heteroatoms. The van der Waals surface area contributed by atoms with Gasteiger partial charge < -0.3 is 25.8 Å². The van der Waals surface area contributed by atoms with Crippen LogP contribution in [0.2, 0.25) is 0 Å². The number of aliphatic hydroxyl groups excluding tert-OH is 1. The molecule has 5 N–H and O–H groups in total. The summed E-state index contributed by atoms with van der Waals surface area (Å²) in [5.41, 5.74) is 13.8. The average molecular weight is 749 g/mol. The van der Waals surface area contributed by atoms with Crippen molar-refractivity contribution < 1.29 is 33.1 Å². The van der Waals surface area contributed by atoms with Crippen LogP contribution in [0, 0.1) is 17.6 Å². The van der Waals surface area contributed by atoms with Gasteiger partial charge in [0, 0.05) is 61.8 Å². The molecule has 4 atom stereocenters. The van der Waals surface area contributed by atoms with Gasteiger partial charge in [0.1, 0.15) is 17.5 Å². The van der Waals surface area contributed by atoms with E-state index in [-0.39, 0.29) is 35.0 Å².